The molecule has 0 bridgehead atoms. The molecule has 2 aromatic carbocycles. The summed E-state index contributed by atoms with van der Waals surface area (Å²) in [5, 5.41) is 4.07. The van der Waals surface area contributed by atoms with Crippen LogP contribution >= 0.6 is 0 Å². The number of hydrogen-bond acceptors (Lipinski definition) is 5. The van der Waals surface area contributed by atoms with Crippen molar-refractivity contribution in [2.24, 2.45) is 0 Å². The average molecular weight is 386 g/mol. The van der Waals surface area contributed by atoms with Crippen molar-refractivity contribution in [1.29, 1.82) is 0 Å². The summed E-state index contributed by atoms with van der Waals surface area (Å²) in [6, 6.07) is 16.1. The summed E-state index contributed by atoms with van der Waals surface area (Å²) >= 11 is 0. The summed E-state index contributed by atoms with van der Waals surface area (Å²) in [5.41, 5.74) is 4.05. The van der Waals surface area contributed by atoms with Crippen molar-refractivity contribution in [1.82, 2.24) is 10.1 Å². The van der Waals surface area contributed by atoms with E-state index in [1.54, 1.807) is 6.08 Å². The van der Waals surface area contributed by atoms with Gasteiger partial charge in [0, 0.05) is 41.5 Å². The van der Waals surface area contributed by atoms with Crippen molar-refractivity contribution < 1.29 is 9.32 Å². The number of para-hydroxylation sites is 1. The van der Waals surface area contributed by atoms with Crippen LogP contribution in [0, 0.1) is 0 Å². The molecule has 5 rings (SSSR count). The van der Waals surface area contributed by atoms with Crippen LogP contribution in [0.3, 0.4) is 0 Å². The highest BCUT2D eigenvalue weighted by atomic mass is 16.5. The number of aromatic nitrogens is 2. The van der Waals surface area contributed by atoms with E-state index >= 15 is 0 Å². The monoisotopic (exact) mass is 386 g/mol. The van der Waals surface area contributed by atoms with E-state index in [0.717, 1.165) is 16.9 Å². The van der Waals surface area contributed by atoms with Crippen LogP contribution < -0.4 is 9.80 Å². The molecule has 0 saturated carbocycles. The quantitative estimate of drug-likeness (QED) is 0.671. The maximum atomic E-state index is 12.9. The second kappa shape index (κ2) is 6.58. The highest BCUT2D eigenvalue weighted by Gasteiger charge is 2.43. The van der Waals surface area contributed by atoms with Gasteiger partial charge in [-0.3, -0.25) is 9.69 Å². The van der Waals surface area contributed by atoms with E-state index < -0.39 is 0 Å². The predicted molar refractivity (Wildman–Crippen MR) is 112 cm³/mol. The fourth-order valence-electron chi connectivity index (χ4n) is 4.19. The zero-order valence-electron chi connectivity index (χ0n) is 16.6. The molecule has 2 unspecified atom stereocenters. The van der Waals surface area contributed by atoms with Gasteiger partial charge in [0.2, 0.25) is 11.7 Å². The fraction of sp³-hybridized carbons (Fsp3) is 0.261. The number of fused-ring (bicyclic) bond motifs is 3. The number of anilines is 2. The number of carbonyl (C=O) groups excluding carboxylic acids is 1. The van der Waals surface area contributed by atoms with E-state index in [1.165, 1.54) is 5.56 Å². The first-order chi connectivity index (χ1) is 14.0. The molecular formula is C23H22N4O2. The largest absolute Gasteiger partial charge is 0.365 e. The second-order valence-electron chi connectivity index (χ2n) is 7.83. The molecule has 1 aromatic heterocycles. The fourth-order valence-corrected chi connectivity index (χ4v) is 4.19. The van der Waals surface area contributed by atoms with Crippen LogP contribution in [0.1, 0.15) is 37.3 Å². The van der Waals surface area contributed by atoms with Gasteiger partial charge in [0.15, 0.2) is 0 Å². The Kier molecular flexibility index (Phi) is 4.01. The number of nitrogens with zero attached hydrogens (tertiary/aromatic N) is 4. The Bertz CT molecular complexity index is 1100. The molecule has 2 aliphatic heterocycles. The van der Waals surface area contributed by atoms with E-state index in [1.807, 2.05) is 61.2 Å². The van der Waals surface area contributed by atoms with Crippen molar-refractivity contribution in [2.75, 3.05) is 16.8 Å². The van der Waals surface area contributed by atoms with Gasteiger partial charge in [-0.25, -0.2) is 0 Å². The number of benzene rings is 2. The zero-order valence-corrected chi connectivity index (χ0v) is 16.6. The van der Waals surface area contributed by atoms with Crippen LogP contribution in [0.15, 0.2) is 65.2 Å². The normalized spacial score (nSPS) is 20.3. The van der Waals surface area contributed by atoms with Crippen LogP contribution in [0.5, 0.6) is 0 Å². The van der Waals surface area contributed by atoms with Crippen LogP contribution in [0.4, 0.5) is 11.4 Å². The minimum Gasteiger partial charge on any atom is -0.365 e. The molecule has 0 radical (unpaired) electrons. The molecule has 0 aliphatic carbocycles. The number of rotatable bonds is 3. The average Bonchev–Trinajstić information content (AvgIpc) is 3.33. The molecule has 0 spiro atoms. The Labute approximate surface area is 169 Å². The number of likely N-dealkylation sites (N-methyl/N-ethyl adjacent to an activating group) is 1. The van der Waals surface area contributed by atoms with Gasteiger partial charge in [-0.1, -0.05) is 43.3 Å². The van der Waals surface area contributed by atoms with E-state index in [2.05, 4.69) is 34.2 Å². The highest BCUT2D eigenvalue weighted by Crippen LogP contribution is 2.45. The smallest absolute Gasteiger partial charge is 0.251 e. The van der Waals surface area contributed by atoms with Crippen molar-refractivity contribution in [3.63, 3.8) is 0 Å². The molecule has 146 valence electrons. The third kappa shape index (κ3) is 2.75. The van der Waals surface area contributed by atoms with Gasteiger partial charge in [-0.05, 0) is 30.3 Å². The molecule has 0 N–H and O–H groups in total. The lowest BCUT2D eigenvalue weighted by molar-refractivity contribution is -0.115. The third-order valence-corrected chi connectivity index (χ3v) is 5.70. The van der Waals surface area contributed by atoms with Crippen molar-refractivity contribution in [3.05, 3.63) is 72.1 Å². The number of hydrogen-bond donors (Lipinski definition) is 0. The van der Waals surface area contributed by atoms with E-state index in [-0.39, 0.29) is 23.9 Å². The second-order valence-corrected chi connectivity index (χ2v) is 7.83. The Morgan fingerprint density at radius 2 is 1.83 bits per heavy atom. The molecule has 3 aromatic rings. The molecule has 2 aliphatic rings. The molecule has 29 heavy (non-hydrogen) atoms. The topological polar surface area (TPSA) is 62.5 Å². The maximum Gasteiger partial charge on any atom is 0.251 e. The van der Waals surface area contributed by atoms with Gasteiger partial charge < -0.3 is 9.42 Å². The maximum absolute atomic E-state index is 12.9. The summed E-state index contributed by atoms with van der Waals surface area (Å²) in [7, 11) is 2.08. The zero-order chi connectivity index (χ0) is 20.1. The standard InChI is InChI=1S/C23H22N4O2/c1-14(2)23-24-22(25-29-23)15-8-10-16(11-9-15)27-20(28)13-12-19-21(27)17-6-4-5-7-18(17)26(19)3/h4-14,19,21H,1-3H3. The molecule has 0 saturated heterocycles. The van der Waals surface area contributed by atoms with Crippen LogP contribution in [0.25, 0.3) is 11.4 Å². The molecule has 2 atom stereocenters. The lowest BCUT2D eigenvalue weighted by atomic mass is 9.97. The van der Waals surface area contributed by atoms with Crippen molar-refractivity contribution >= 4 is 17.3 Å². The Morgan fingerprint density at radius 3 is 2.55 bits per heavy atom. The van der Waals surface area contributed by atoms with Gasteiger partial charge in [0.05, 0.1) is 12.1 Å². The summed E-state index contributed by atoms with van der Waals surface area (Å²) in [6.45, 7) is 4.03. The summed E-state index contributed by atoms with van der Waals surface area (Å²) < 4.78 is 5.31. The summed E-state index contributed by atoms with van der Waals surface area (Å²) in [5.74, 6) is 1.36. The summed E-state index contributed by atoms with van der Waals surface area (Å²) in [6.07, 6.45) is 3.68. The molecule has 6 nitrogen and oxygen atoms in total. The molecule has 6 heteroatoms. The van der Waals surface area contributed by atoms with E-state index in [4.69, 9.17) is 4.52 Å². The first-order valence-corrected chi connectivity index (χ1v) is 9.82. The van der Waals surface area contributed by atoms with Crippen LogP contribution in [-0.4, -0.2) is 29.1 Å². The highest BCUT2D eigenvalue weighted by molar-refractivity contribution is 6.04. The minimum absolute atomic E-state index is 0.00856. The minimum atomic E-state index is -0.0442. The van der Waals surface area contributed by atoms with Crippen molar-refractivity contribution in [3.8, 4) is 11.4 Å². The molecule has 1 amide bonds. The Balaban J connectivity index is 1.51. The summed E-state index contributed by atoms with van der Waals surface area (Å²) in [4.78, 5) is 21.4. The van der Waals surface area contributed by atoms with Crippen LogP contribution in [0.2, 0.25) is 0 Å². The Hall–Kier alpha value is -3.41. The van der Waals surface area contributed by atoms with Gasteiger partial charge >= 0.3 is 0 Å². The van der Waals surface area contributed by atoms with E-state index in [9.17, 15) is 4.79 Å². The van der Waals surface area contributed by atoms with E-state index in [0.29, 0.717) is 11.7 Å². The van der Waals surface area contributed by atoms with Crippen molar-refractivity contribution in [2.45, 2.75) is 31.8 Å². The van der Waals surface area contributed by atoms with Gasteiger partial charge in [0.25, 0.3) is 5.91 Å². The first-order valence-electron chi connectivity index (χ1n) is 9.82. The van der Waals surface area contributed by atoms with Gasteiger partial charge in [-0.15, -0.1) is 0 Å². The number of amides is 1. The lowest BCUT2D eigenvalue weighted by Gasteiger charge is -2.36. The van der Waals surface area contributed by atoms with Gasteiger partial charge in [-0.2, -0.15) is 4.98 Å². The third-order valence-electron chi connectivity index (χ3n) is 5.70. The SMILES string of the molecule is CC(C)c1nc(-c2ccc(N3C(=O)C=CC4C3c3ccccc3N4C)cc2)no1. The Morgan fingerprint density at radius 1 is 1.07 bits per heavy atom. The molecular weight excluding hydrogens is 364 g/mol. The van der Waals surface area contributed by atoms with Gasteiger partial charge in [0.1, 0.15) is 0 Å². The number of carbonyl (C=O) groups is 1. The predicted octanol–water partition coefficient (Wildman–Crippen LogP) is 4.32. The molecule has 0 fully saturated rings. The lowest BCUT2D eigenvalue weighted by Crippen LogP contribution is -2.44. The molecule has 3 heterocycles. The first kappa shape index (κ1) is 17.7. The van der Waals surface area contributed by atoms with Crippen LogP contribution in [-0.2, 0) is 4.79 Å².